The molecule has 2 N–H and O–H groups in total. The fourth-order valence-corrected chi connectivity index (χ4v) is 1.94. The molecule has 100 valence electrons. The standard InChI is InChI=1S/C15H23NO2/c1-12-3-2-4-15(9-12)18-11-14(17)10-16-8-7-13-5-6-13/h2-4,9,13-14,16-17H,5-8,10-11H2,1H3. The number of aliphatic hydroxyl groups is 1. The van der Waals surface area contributed by atoms with Gasteiger partial charge in [-0.2, -0.15) is 0 Å². The van der Waals surface area contributed by atoms with Gasteiger partial charge in [-0.15, -0.1) is 0 Å². The molecule has 1 saturated carbocycles. The van der Waals surface area contributed by atoms with Gasteiger partial charge in [0.2, 0.25) is 0 Å². The summed E-state index contributed by atoms with van der Waals surface area (Å²) in [5.74, 6) is 1.77. The van der Waals surface area contributed by atoms with E-state index in [4.69, 9.17) is 4.74 Å². The number of aryl methyl sites for hydroxylation is 1. The molecule has 1 unspecified atom stereocenters. The van der Waals surface area contributed by atoms with Gasteiger partial charge in [0.25, 0.3) is 0 Å². The summed E-state index contributed by atoms with van der Waals surface area (Å²) in [5.41, 5.74) is 1.17. The summed E-state index contributed by atoms with van der Waals surface area (Å²) in [6.45, 7) is 3.99. The monoisotopic (exact) mass is 249 g/mol. The molecule has 3 heteroatoms. The fourth-order valence-electron chi connectivity index (χ4n) is 1.94. The van der Waals surface area contributed by atoms with Crippen molar-refractivity contribution < 1.29 is 9.84 Å². The molecule has 0 amide bonds. The first-order valence-corrected chi connectivity index (χ1v) is 6.82. The van der Waals surface area contributed by atoms with Gasteiger partial charge in [-0.3, -0.25) is 0 Å². The Morgan fingerprint density at radius 1 is 1.44 bits per heavy atom. The Morgan fingerprint density at radius 2 is 2.28 bits per heavy atom. The third-order valence-corrected chi connectivity index (χ3v) is 3.24. The predicted octanol–water partition coefficient (Wildman–Crippen LogP) is 2.12. The number of nitrogens with one attached hydrogen (secondary N) is 1. The van der Waals surface area contributed by atoms with Gasteiger partial charge < -0.3 is 15.2 Å². The number of benzene rings is 1. The smallest absolute Gasteiger partial charge is 0.119 e. The van der Waals surface area contributed by atoms with E-state index in [2.05, 4.69) is 5.32 Å². The van der Waals surface area contributed by atoms with Crippen LogP contribution in [0, 0.1) is 12.8 Å². The van der Waals surface area contributed by atoms with E-state index in [1.54, 1.807) is 0 Å². The normalized spacial score (nSPS) is 16.6. The second-order valence-corrected chi connectivity index (χ2v) is 5.22. The highest BCUT2D eigenvalue weighted by molar-refractivity contribution is 5.27. The van der Waals surface area contributed by atoms with Crippen molar-refractivity contribution >= 4 is 0 Å². The quantitative estimate of drug-likeness (QED) is 0.693. The van der Waals surface area contributed by atoms with E-state index >= 15 is 0 Å². The molecular weight excluding hydrogens is 226 g/mol. The zero-order chi connectivity index (χ0) is 12.8. The van der Waals surface area contributed by atoms with Gasteiger partial charge in [-0.25, -0.2) is 0 Å². The van der Waals surface area contributed by atoms with Crippen LogP contribution in [0.15, 0.2) is 24.3 Å². The number of hydrogen-bond acceptors (Lipinski definition) is 3. The van der Waals surface area contributed by atoms with E-state index in [9.17, 15) is 5.11 Å². The summed E-state index contributed by atoms with van der Waals surface area (Å²) in [6, 6.07) is 7.89. The minimum atomic E-state index is -0.440. The molecule has 3 nitrogen and oxygen atoms in total. The van der Waals surface area contributed by atoms with E-state index in [0.717, 1.165) is 18.2 Å². The van der Waals surface area contributed by atoms with Crippen LogP contribution in [0.1, 0.15) is 24.8 Å². The van der Waals surface area contributed by atoms with Gasteiger partial charge in [-0.05, 0) is 43.5 Å². The van der Waals surface area contributed by atoms with Crippen LogP contribution < -0.4 is 10.1 Å². The third-order valence-electron chi connectivity index (χ3n) is 3.24. The Morgan fingerprint density at radius 3 is 3.00 bits per heavy atom. The first-order valence-electron chi connectivity index (χ1n) is 6.82. The van der Waals surface area contributed by atoms with Gasteiger partial charge in [0, 0.05) is 6.54 Å². The average Bonchev–Trinajstić information content (AvgIpc) is 3.16. The van der Waals surface area contributed by atoms with E-state index in [1.807, 2.05) is 31.2 Å². The van der Waals surface area contributed by atoms with Crippen LogP contribution in [-0.2, 0) is 0 Å². The molecule has 1 aliphatic rings. The topological polar surface area (TPSA) is 41.5 Å². The van der Waals surface area contributed by atoms with Crippen molar-refractivity contribution in [1.82, 2.24) is 5.32 Å². The molecule has 0 heterocycles. The lowest BCUT2D eigenvalue weighted by molar-refractivity contribution is 0.106. The lowest BCUT2D eigenvalue weighted by Crippen LogP contribution is -2.32. The highest BCUT2D eigenvalue weighted by Gasteiger charge is 2.20. The summed E-state index contributed by atoms with van der Waals surface area (Å²) in [7, 11) is 0. The zero-order valence-corrected chi connectivity index (χ0v) is 11.1. The van der Waals surface area contributed by atoms with Crippen molar-refractivity contribution in [3.63, 3.8) is 0 Å². The van der Waals surface area contributed by atoms with Crippen LogP contribution in [0.25, 0.3) is 0 Å². The lowest BCUT2D eigenvalue weighted by Gasteiger charge is -2.13. The Hall–Kier alpha value is -1.06. The van der Waals surface area contributed by atoms with E-state index < -0.39 is 6.10 Å². The van der Waals surface area contributed by atoms with Crippen LogP contribution in [0.3, 0.4) is 0 Å². The molecular formula is C15H23NO2. The number of rotatable bonds is 8. The van der Waals surface area contributed by atoms with Gasteiger partial charge >= 0.3 is 0 Å². The van der Waals surface area contributed by atoms with Gasteiger partial charge in [-0.1, -0.05) is 25.0 Å². The van der Waals surface area contributed by atoms with Crippen LogP contribution in [0.2, 0.25) is 0 Å². The lowest BCUT2D eigenvalue weighted by atomic mass is 10.2. The highest BCUT2D eigenvalue weighted by atomic mass is 16.5. The van der Waals surface area contributed by atoms with Crippen LogP contribution in [0.4, 0.5) is 0 Å². The molecule has 18 heavy (non-hydrogen) atoms. The Balaban J connectivity index is 1.57. The molecule has 2 rings (SSSR count). The highest BCUT2D eigenvalue weighted by Crippen LogP contribution is 2.31. The van der Waals surface area contributed by atoms with E-state index in [-0.39, 0.29) is 0 Å². The molecule has 0 saturated heterocycles. The minimum Gasteiger partial charge on any atom is -0.491 e. The summed E-state index contributed by atoms with van der Waals surface area (Å²) in [6.07, 6.45) is 3.58. The van der Waals surface area contributed by atoms with Crippen LogP contribution in [-0.4, -0.2) is 30.9 Å². The minimum absolute atomic E-state index is 0.347. The second kappa shape index (κ2) is 6.76. The van der Waals surface area contributed by atoms with E-state index in [0.29, 0.717) is 13.2 Å². The molecule has 0 radical (unpaired) electrons. The Labute approximate surface area is 109 Å². The summed E-state index contributed by atoms with van der Waals surface area (Å²) >= 11 is 0. The molecule has 1 aromatic carbocycles. The van der Waals surface area contributed by atoms with Crippen molar-refractivity contribution in [2.75, 3.05) is 19.7 Å². The third kappa shape index (κ3) is 5.07. The van der Waals surface area contributed by atoms with Crippen molar-refractivity contribution in [2.24, 2.45) is 5.92 Å². The SMILES string of the molecule is Cc1cccc(OCC(O)CNCCC2CC2)c1. The molecule has 0 spiro atoms. The summed E-state index contributed by atoms with van der Waals surface area (Å²) in [5, 5.41) is 13.0. The molecule has 1 aliphatic carbocycles. The Kier molecular flexibility index (Phi) is 5.02. The first kappa shape index (κ1) is 13.4. The predicted molar refractivity (Wildman–Crippen MR) is 72.9 cm³/mol. The van der Waals surface area contributed by atoms with E-state index in [1.165, 1.54) is 24.8 Å². The average molecular weight is 249 g/mol. The largest absolute Gasteiger partial charge is 0.491 e. The number of hydrogen-bond donors (Lipinski definition) is 2. The maximum absolute atomic E-state index is 9.77. The van der Waals surface area contributed by atoms with Crippen molar-refractivity contribution in [3.05, 3.63) is 29.8 Å². The zero-order valence-electron chi connectivity index (χ0n) is 11.1. The molecule has 0 aromatic heterocycles. The number of aliphatic hydroxyl groups excluding tert-OH is 1. The molecule has 0 bridgehead atoms. The van der Waals surface area contributed by atoms with Gasteiger partial charge in [0.1, 0.15) is 18.5 Å². The molecule has 1 fully saturated rings. The van der Waals surface area contributed by atoms with Gasteiger partial charge in [0.15, 0.2) is 0 Å². The van der Waals surface area contributed by atoms with Crippen LogP contribution in [0.5, 0.6) is 5.75 Å². The van der Waals surface area contributed by atoms with Crippen molar-refractivity contribution in [3.8, 4) is 5.75 Å². The second-order valence-electron chi connectivity index (χ2n) is 5.22. The summed E-state index contributed by atoms with van der Waals surface area (Å²) in [4.78, 5) is 0. The van der Waals surface area contributed by atoms with Gasteiger partial charge in [0.05, 0.1) is 0 Å². The fraction of sp³-hybridized carbons (Fsp3) is 0.600. The first-order chi connectivity index (χ1) is 8.74. The van der Waals surface area contributed by atoms with Crippen molar-refractivity contribution in [2.45, 2.75) is 32.3 Å². The van der Waals surface area contributed by atoms with Crippen LogP contribution >= 0.6 is 0 Å². The molecule has 1 aromatic rings. The molecule has 1 atom stereocenters. The maximum Gasteiger partial charge on any atom is 0.119 e. The van der Waals surface area contributed by atoms with Crippen molar-refractivity contribution in [1.29, 1.82) is 0 Å². The number of ether oxygens (including phenoxy) is 1. The molecule has 0 aliphatic heterocycles. The Bertz CT molecular complexity index is 363. The maximum atomic E-state index is 9.77. The summed E-state index contributed by atoms with van der Waals surface area (Å²) < 4.78 is 5.55.